The zero-order valence-electron chi connectivity index (χ0n) is 14.7. The summed E-state index contributed by atoms with van der Waals surface area (Å²) in [7, 11) is 1.48. The van der Waals surface area contributed by atoms with E-state index < -0.39 is 5.82 Å². The lowest BCUT2D eigenvalue weighted by atomic mass is 9.89. The fourth-order valence-corrected chi connectivity index (χ4v) is 3.51. The third-order valence-corrected chi connectivity index (χ3v) is 4.84. The Kier molecular flexibility index (Phi) is 5.65. The van der Waals surface area contributed by atoms with Crippen LogP contribution in [0.1, 0.15) is 34.3 Å². The lowest BCUT2D eigenvalue weighted by Gasteiger charge is -2.32. The number of hydrogen-bond donors (Lipinski definition) is 0. The van der Waals surface area contributed by atoms with E-state index >= 15 is 0 Å². The van der Waals surface area contributed by atoms with Crippen molar-refractivity contribution >= 4 is 5.78 Å². The number of ketones is 1. The average Bonchev–Trinajstić information content (AvgIpc) is 2.68. The van der Waals surface area contributed by atoms with Crippen LogP contribution in [-0.2, 0) is 6.54 Å². The minimum absolute atomic E-state index is 0.0837. The highest BCUT2D eigenvalue weighted by Gasteiger charge is 2.28. The molecule has 2 aromatic rings. The maximum Gasteiger partial charge on any atom is 0.171 e. The topological polar surface area (TPSA) is 53.3 Å². The van der Waals surface area contributed by atoms with Gasteiger partial charge in [0, 0.05) is 19.0 Å². The minimum atomic E-state index is -0.440. The number of methoxy groups -OCH3 is 1. The number of rotatable bonds is 5. The van der Waals surface area contributed by atoms with Crippen LogP contribution in [0.2, 0.25) is 0 Å². The summed E-state index contributed by atoms with van der Waals surface area (Å²) in [5.74, 6) is -0.318. The van der Waals surface area contributed by atoms with Crippen LogP contribution in [0.3, 0.4) is 0 Å². The van der Waals surface area contributed by atoms with Gasteiger partial charge in [-0.1, -0.05) is 18.2 Å². The molecule has 0 saturated carbocycles. The number of piperidine rings is 1. The van der Waals surface area contributed by atoms with Gasteiger partial charge in [-0.15, -0.1) is 0 Å². The predicted octanol–water partition coefficient (Wildman–Crippen LogP) is 3.80. The van der Waals surface area contributed by atoms with Crippen LogP contribution in [0.4, 0.5) is 4.39 Å². The molecule has 3 rings (SSSR count). The van der Waals surface area contributed by atoms with Crippen molar-refractivity contribution in [1.82, 2.24) is 4.90 Å². The van der Waals surface area contributed by atoms with Crippen LogP contribution in [0.25, 0.3) is 0 Å². The molecule has 1 fully saturated rings. The van der Waals surface area contributed by atoms with Crippen molar-refractivity contribution in [3.8, 4) is 11.8 Å². The first-order chi connectivity index (χ1) is 12.6. The molecule has 1 saturated heterocycles. The summed E-state index contributed by atoms with van der Waals surface area (Å²) in [6, 6.07) is 13.8. The molecule has 0 radical (unpaired) electrons. The summed E-state index contributed by atoms with van der Waals surface area (Å²) in [5, 5.41) is 9.25. The number of halogens is 1. The van der Waals surface area contributed by atoms with Gasteiger partial charge in [-0.05, 0) is 49.2 Å². The van der Waals surface area contributed by atoms with Gasteiger partial charge in [0.15, 0.2) is 5.78 Å². The number of hydrogen-bond acceptors (Lipinski definition) is 4. The molecule has 1 aliphatic rings. The lowest BCUT2D eigenvalue weighted by Crippen LogP contribution is -2.38. The smallest absolute Gasteiger partial charge is 0.171 e. The number of Topliss-reactive ketones (excluding diaryl/α,β-unsaturated/α-hetero) is 1. The first-order valence-electron chi connectivity index (χ1n) is 8.70. The van der Waals surface area contributed by atoms with Crippen molar-refractivity contribution < 1.29 is 13.9 Å². The van der Waals surface area contributed by atoms with E-state index in [0.29, 0.717) is 30.0 Å². The highest BCUT2D eigenvalue weighted by Crippen LogP contribution is 2.28. The molecule has 0 amide bonds. The van der Waals surface area contributed by atoms with Gasteiger partial charge in [-0.2, -0.15) is 5.26 Å². The minimum Gasteiger partial charge on any atom is -0.496 e. The third kappa shape index (κ3) is 3.92. The molecule has 26 heavy (non-hydrogen) atoms. The lowest BCUT2D eigenvalue weighted by molar-refractivity contribution is 0.0808. The summed E-state index contributed by atoms with van der Waals surface area (Å²) < 4.78 is 18.8. The molecule has 0 aromatic heterocycles. The summed E-state index contributed by atoms with van der Waals surface area (Å²) >= 11 is 0. The number of carbonyl (C=O) groups excluding carboxylic acids is 1. The van der Waals surface area contributed by atoms with Crippen LogP contribution in [0.5, 0.6) is 5.75 Å². The Labute approximate surface area is 152 Å². The number of benzene rings is 2. The molecular weight excluding hydrogens is 331 g/mol. The van der Waals surface area contributed by atoms with Gasteiger partial charge in [-0.3, -0.25) is 9.69 Å². The number of nitrogens with zero attached hydrogens (tertiary/aromatic N) is 2. The molecule has 1 atom stereocenters. The van der Waals surface area contributed by atoms with Gasteiger partial charge < -0.3 is 4.74 Å². The van der Waals surface area contributed by atoms with Crippen LogP contribution < -0.4 is 4.74 Å². The zero-order valence-corrected chi connectivity index (χ0v) is 14.7. The van der Waals surface area contributed by atoms with Gasteiger partial charge in [0.05, 0.1) is 24.3 Å². The van der Waals surface area contributed by atoms with E-state index in [1.165, 1.54) is 25.3 Å². The third-order valence-electron chi connectivity index (χ3n) is 4.84. The standard InChI is InChI=1S/C21H21FN2O2/c1-26-20-9-8-18(22)11-19(20)21(25)17-7-4-10-24(14-17)13-16-6-3-2-5-15(16)12-23/h2-3,5-6,8-9,11,17H,4,7,10,13-14H2,1H3. The summed E-state index contributed by atoms with van der Waals surface area (Å²) in [6.07, 6.45) is 1.66. The van der Waals surface area contributed by atoms with Crippen LogP contribution >= 0.6 is 0 Å². The van der Waals surface area contributed by atoms with Gasteiger partial charge >= 0.3 is 0 Å². The second kappa shape index (κ2) is 8.11. The van der Waals surface area contributed by atoms with Crippen molar-refractivity contribution in [2.24, 2.45) is 5.92 Å². The zero-order chi connectivity index (χ0) is 18.5. The van der Waals surface area contributed by atoms with Crippen LogP contribution in [0, 0.1) is 23.1 Å². The Hall–Kier alpha value is -2.71. The molecule has 0 N–H and O–H groups in total. The summed E-state index contributed by atoms with van der Waals surface area (Å²) in [5.41, 5.74) is 1.93. The molecule has 4 nitrogen and oxygen atoms in total. The van der Waals surface area contributed by atoms with Crippen molar-refractivity contribution in [1.29, 1.82) is 5.26 Å². The van der Waals surface area contributed by atoms with Gasteiger partial charge in [0.2, 0.25) is 0 Å². The predicted molar refractivity (Wildman–Crippen MR) is 96.4 cm³/mol. The monoisotopic (exact) mass is 352 g/mol. The van der Waals surface area contributed by atoms with E-state index in [1.54, 1.807) is 6.07 Å². The van der Waals surface area contributed by atoms with Crippen molar-refractivity contribution in [3.05, 3.63) is 65.0 Å². The first kappa shape index (κ1) is 18.1. The van der Waals surface area contributed by atoms with E-state index in [2.05, 4.69) is 11.0 Å². The average molecular weight is 352 g/mol. The fourth-order valence-electron chi connectivity index (χ4n) is 3.51. The molecule has 2 aromatic carbocycles. The largest absolute Gasteiger partial charge is 0.496 e. The molecule has 134 valence electrons. The SMILES string of the molecule is COc1ccc(F)cc1C(=O)C1CCCN(Cc2ccccc2C#N)C1. The highest BCUT2D eigenvalue weighted by molar-refractivity contribution is 6.00. The van der Waals surface area contributed by atoms with Crippen molar-refractivity contribution in [3.63, 3.8) is 0 Å². The first-order valence-corrected chi connectivity index (χ1v) is 8.70. The Morgan fingerprint density at radius 1 is 1.35 bits per heavy atom. The number of carbonyl (C=O) groups is 1. The fraction of sp³-hybridized carbons (Fsp3) is 0.333. The second-order valence-electron chi connectivity index (χ2n) is 6.55. The molecule has 1 heterocycles. The Morgan fingerprint density at radius 2 is 2.15 bits per heavy atom. The maximum atomic E-state index is 13.6. The van der Waals surface area contributed by atoms with Gasteiger partial charge in [-0.25, -0.2) is 4.39 Å². The van der Waals surface area contributed by atoms with Crippen LogP contribution in [-0.4, -0.2) is 30.9 Å². The quantitative estimate of drug-likeness (QED) is 0.768. The number of likely N-dealkylation sites (tertiary alicyclic amines) is 1. The highest BCUT2D eigenvalue weighted by atomic mass is 19.1. The normalized spacial score (nSPS) is 17.5. The Morgan fingerprint density at radius 3 is 2.92 bits per heavy atom. The molecule has 0 spiro atoms. The Bertz CT molecular complexity index is 844. The second-order valence-corrected chi connectivity index (χ2v) is 6.55. The van der Waals surface area contributed by atoms with E-state index in [9.17, 15) is 14.4 Å². The molecule has 0 bridgehead atoms. The maximum absolute atomic E-state index is 13.6. The van der Waals surface area contributed by atoms with E-state index in [-0.39, 0.29) is 11.7 Å². The summed E-state index contributed by atoms with van der Waals surface area (Å²) in [6.45, 7) is 2.11. The van der Waals surface area contributed by atoms with E-state index in [0.717, 1.165) is 24.9 Å². The van der Waals surface area contributed by atoms with Crippen molar-refractivity contribution in [2.75, 3.05) is 20.2 Å². The van der Waals surface area contributed by atoms with E-state index in [1.807, 2.05) is 18.2 Å². The summed E-state index contributed by atoms with van der Waals surface area (Å²) in [4.78, 5) is 15.1. The van der Waals surface area contributed by atoms with E-state index in [4.69, 9.17) is 4.74 Å². The van der Waals surface area contributed by atoms with Crippen LogP contribution in [0.15, 0.2) is 42.5 Å². The molecule has 1 aliphatic heterocycles. The number of nitriles is 1. The molecular formula is C21H21FN2O2. The molecule has 0 aliphatic carbocycles. The molecule has 5 heteroatoms. The molecule has 1 unspecified atom stereocenters. The number of ether oxygens (including phenoxy) is 1. The van der Waals surface area contributed by atoms with Gasteiger partial charge in [0.25, 0.3) is 0 Å². The van der Waals surface area contributed by atoms with Gasteiger partial charge in [0.1, 0.15) is 11.6 Å². The van der Waals surface area contributed by atoms with Crippen molar-refractivity contribution in [2.45, 2.75) is 19.4 Å². The Balaban J connectivity index is 1.75.